The molecule has 0 aliphatic carbocycles. The second-order valence-electron chi connectivity index (χ2n) is 3.43. The van der Waals surface area contributed by atoms with Gasteiger partial charge in [-0.25, -0.2) is 0 Å². The predicted octanol–water partition coefficient (Wildman–Crippen LogP) is 0.461. The first-order chi connectivity index (χ1) is 6.40. The highest BCUT2D eigenvalue weighted by molar-refractivity contribution is 5.13. The van der Waals surface area contributed by atoms with Gasteiger partial charge in [0.25, 0.3) is 0 Å². The van der Waals surface area contributed by atoms with Crippen LogP contribution in [0.4, 0.5) is 0 Å². The molecule has 4 heteroatoms. The number of rotatable bonds is 3. The van der Waals surface area contributed by atoms with Crippen LogP contribution in [0.3, 0.4) is 0 Å². The number of nitrogens with zero attached hydrogens (tertiary/aromatic N) is 1. The van der Waals surface area contributed by atoms with Crippen LogP contribution in [0.2, 0.25) is 0 Å². The zero-order valence-corrected chi connectivity index (χ0v) is 7.49. The summed E-state index contributed by atoms with van der Waals surface area (Å²) in [5, 5.41) is 16.0. The van der Waals surface area contributed by atoms with E-state index in [2.05, 4.69) is 10.5 Å². The summed E-state index contributed by atoms with van der Waals surface area (Å²) in [5.41, 5.74) is 0.814. The molecular weight excluding hydrogens is 168 g/mol. The lowest BCUT2D eigenvalue weighted by molar-refractivity contribution is 0.276. The molecule has 1 aromatic heterocycles. The van der Waals surface area contributed by atoms with Crippen molar-refractivity contribution in [3.8, 4) is 0 Å². The molecule has 2 heterocycles. The number of aromatic nitrogens is 1. The van der Waals surface area contributed by atoms with Crippen LogP contribution in [0.1, 0.15) is 24.2 Å². The van der Waals surface area contributed by atoms with Gasteiger partial charge in [-0.1, -0.05) is 5.16 Å². The van der Waals surface area contributed by atoms with Gasteiger partial charge in [0.15, 0.2) is 0 Å². The van der Waals surface area contributed by atoms with E-state index in [1.165, 1.54) is 12.8 Å². The number of aliphatic hydroxyl groups is 1. The van der Waals surface area contributed by atoms with Gasteiger partial charge in [0.1, 0.15) is 5.76 Å². The summed E-state index contributed by atoms with van der Waals surface area (Å²) >= 11 is 0. The van der Waals surface area contributed by atoms with E-state index in [0.29, 0.717) is 6.04 Å². The highest BCUT2D eigenvalue weighted by Crippen LogP contribution is 2.15. The Balaban J connectivity index is 1.99. The van der Waals surface area contributed by atoms with Gasteiger partial charge in [-0.05, 0) is 19.4 Å². The average molecular weight is 182 g/mol. The fourth-order valence-corrected chi connectivity index (χ4v) is 1.74. The highest BCUT2D eigenvalue weighted by Gasteiger charge is 2.18. The van der Waals surface area contributed by atoms with Gasteiger partial charge in [0.05, 0.1) is 12.8 Å². The summed E-state index contributed by atoms with van der Waals surface area (Å²) in [6.45, 7) is 1.11. The molecule has 2 N–H and O–H groups in total. The van der Waals surface area contributed by atoms with Gasteiger partial charge in [-0.15, -0.1) is 0 Å². The van der Waals surface area contributed by atoms with Crippen LogP contribution in [-0.2, 0) is 13.0 Å². The SMILES string of the molecule is OCc1cnoc1CC1CCCN1. The van der Waals surface area contributed by atoms with E-state index in [1.54, 1.807) is 6.20 Å². The normalized spacial score (nSPS) is 22.4. The van der Waals surface area contributed by atoms with E-state index in [0.717, 1.165) is 24.3 Å². The average Bonchev–Trinajstić information content (AvgIpc) is 2.76. The van der Waals surface area contributed by atoms with E-state index < -0.39 is 0 Å². The number of hydrogen-bond donors (Lipinski definition) is 2. The summed E-state index contributed by atoms with van der Waals surface area (Å²) in [6.07, 6.45) is 4.85. The molecule has 0 aromatic carbocycles. The molecule has 1 saturated heterocycles. The molecule has 0 spiro atoms. The molecule has 0 bridgehead atoms. The fraction of sp³-hybridized carbons (Fsp3) is 0.667. The van der Waals surface area contributed by atoms with Crippen LogP contribution in [0.25, 0.3) is 0 Å². The molecule has 1 aliphatic rings. The number of aliphatic hydroxyl groups excluding tert-OH is 1. The Morgan fingerprint density at radius 3 is 3.31 bits per heavy atom. The lowest BCUT2D eigenvalue weighted by atomic mass is 10.1. The molecule has 0 radical (unpaired) electrons. The minimum Gasteiger partial charge on any atom is -0.391 e. The summed E-state index contributed by atoms with van der Waals surface area (Å²) < 4.78 is 5.07. The van der Waals surface area contributed by atoms with Gasteiger partial charge in [-0.2, -0.15) is 0 Å². The molecule has 2 rings (SSSR count). The zero-order chi connectivity index (χ0) is 9.10. The number of nitrogens with one attached hydrogen (secondary N) is 1. The maximum Gasteiger partial charge on any atom is 0.143 e. The molecule has 0 saturated carbocycles. The molecular formula is C9H14N2O2. The molecule has 1 aromatic rings. The second-order valence-corrected chi connectivity index (χ2v) is 3.43. The maximum atomic E-state index is 8.96. The van der Waals surface area contributed by atoms with Crippen molar-refractivity contribution in [2.45, 2.75) is 31.9 Å². The molecule has 4 nitrogen and oxygen atoms in total. The summed E-state index contributed by atoms with van der Waals surface area (Å²) in [4.78, 5) is 0. The third-order valence-electron chi connectivity index (χ3n) is 2.49. The molecule has 1 fully saturated rings. The summed E-state index contributed by atoms with van der Waals surface area (Å²) in [7, 11) is 0. The molecule has 1 aliphatic heterocycles. The maximum absolute atomic E-state index is 8.96. The quantitative estimate of drug-likeness (QED) is 0.713. The third-order valence-corrected chi connectivity index (χ3v) is 2.49. The second kappa shape index (κ2) is 3.89. The van der Waals surface area contributed by atoms with E-state index in [9.17, 15) is 0 Å². The first-order valence-electron chi connectivity index (χ1n) is 4.67. The first kappa shape index (κ1) is 8.72. The Morgan fingerprint density at radius 2 is 2.62 bits per heavy atom. The van der Waals surface area contributed by atoms with Gasteiger partial charge in [-0.3, -0.25) is 0 Å². The molecule has 72 valence electrons. The first-order valence-corrected chi connectivity index (χ1v) is 4.67. The molecule has 1 unspecified atom stereocenters. The predicted molar refractivity (Wildman–Crippen MR) is 47.2 cm³/mol. The summed E-state index contributed by atoms with van der Waals surface area (Å²) in [5.74, 6) is 0.821. The van der Waals surface area contributed by atoms with Crippen molar-refractivity contribution in [2.75, 3.05) is 6.54 Å². The highest BCUT2D eigenvalue weighted by atomic mass is 16.5. The van der Waals surface area contributed by atoms with Crippen molar-refractivity contribution in [1.29, 1.82) is 0 Å². The van der Waals surface area contributed by atoms with Crippen molar-refractivity contribution in [3.63, 3.8) is 0 Å². The van der Waals surface area contributed by atoms with Crippen molar-refractivity contribution in [2.24, 2.45) is 0 Å². The monoisotopic (exact) mass is 182 g/mol. The van der Waals surface area contributed by atoms with Crippen molar-refractivity contribution in [1.82, 2.24) is 10.5 Å². The van der Waals surface area contributed by atoms with E-state index in [-0.39, 0.29) is 6.61 Å². The molecule has 0 amide bonds. The Morgan fingerprint density at radius 1 is 1.69 bits per heavy atom. The van der Waals surface area contributed by atoms with Crippen LogP contribution in [-0.4, -0.2) is 22.8 Å². The van der Waals surface area contributed by atoms with Crippen LogP contribution in [0, 0.1) is 0 Å². The van der Waals surface area contributed by atoms with E-state index in [1.807, 2.05) is 0 Å². The van der Waals surface area contributed by atoms with Crippen LogP contribution in [0.5, 0.6) is 0 Å². The Hall–Kier alpha value is -0.870. The lowest BCUT2D eigenvalue weighted by Crippen LogP contribution is -2.23. The van der Waals surface area contributed by atoms with E-state index >= 15 is 0 Å². The van der Waals surface area contributed by atoms with Gasteiger partial charge < -0.3 is 14.9 Å². The van der Waals surface area contributed by atoms with Crippen LogP contribution < -0.4 is 5.32 Å². The van der Waals surface area contributed by atoms with Gasteiger partial charge >= 0.3 is 0 Å². The summed E-state index contributed by atoms with van der Waals surface area (Å²) in [6, 6.07) is 0.498. The van der Waals surface area contributed by atoms with Crippen molar-refractivity contribution < 1.29 is 9.63 Å². The zero-order valence-electron chi connectivity index (χ0n) is 7.49. The van der Waals surface area contributed by atoms with Crippen LogP contribution in [0.15, 0.2) is 10.7 Å². The largest absolute Gasteiger partial charge is 0.391 e. The van der Waals surface area contributed by atoms with E-state index in [4.69, 9.17) is 9.63 Å². The standard InChI is InChI=1S/C9H14N2O2/c12-6-7-5-11-13-9(7)4-8-2-1-3-10-8/h5,8,10,12H,1-4,6H2. The minimum absolute atomic E-state index is 0.0194. The topological polar surface area (TPSA) is 58.3 Å². The molecule has 13 heavy (non-hydrogen) atoms. The van der Waals surface area contributed by atoms with Gasteiger partial charge in [0.2, 0.25) is 0 Å². The minimum atomic E-state index is 0.0194. The lowest BCUT2D eigenvalue weighted by Gasteiger charge is -2.07. The Bertz CT molecular complexity index is 266. The number of hydrogen-bond acceptors (Lipinski definition) is 4. The smallest absolute Gasteiger partial charge is 0.143 e. The fourth-order valence-electron chi connectivity index (χ4n) is 1.74. The Kier molecular flexibility index (Phi) is 2.61. The molecule has 1 atom stereocenters. The Labute approximate surface area is 76.9 Å². The third kappa shape index (κ3) is 1.89. The van der Waals surface area contributed by atoms with Crippen molar-refractivity contribution in [3.05, 3.63) is 17.5 Å². The van der Waals surface area contributed by atoms with Crippen LogP contribution >= 0.6 is 0 Å². The van der Waals surface area contributed by atoms with Gasteiger partial charge in [0, 0.05) is 18.0 Å². The van der Waals surface area contributed by atoms with Crippen molar-refractivity contribution >= 4 is 0 Å².